The van der Waals surface area contributed by atoms with Crippen molar-refractivity contribution >= 4 is 93.0 Å². The maximum absolute atomic E-state index is 12.2. The number of thiol groups is 5. The van der Waals surface area contributed by atoms with Gasteiger partial charge in [-0.15, -0.1) is 0 Å². The number of hydrogen-bond acceptors (Lipinski definition) is 17. The van der Waals surface area contributed by atoms with Crippen molar-refractivity contribution in [2.24, 2.45) is 0 Å². The van der Waals surface area contributed by atoms with E-state index in [2.05, 4.69) is 63.1 Å². The molecule has 0 aromatic heterocycles. The molecule has 0 aliphatic heterocycles. The Labute approximate surface area is 261 Å². The van der Waals surface area contributed by atoms with Gasteiger partial charge in [0.25, 0.3) is 0 Å². The lowest BCUT2D eigenvalue weighted by atomic mass is 10.0. The maximum atomic E-state index is 12.2. The zero-order valence-corrected chi connectivity index (χ0v) is 26.5. The fourth-order valence-electron chi connectivity index (χ4n) is 2.77. The van der Waals surface area contributed by atoms with Crippen molar-refractivity contribution in [1.82, 2.24) is 0 Å². The summed E-state index contributed by atoms with van der Waals surface area (Å²) < 4.78 is 32.6. The molecule has 232 valence electrons. The highest BCUT2D eigenvalue weighted by Crippen LogP contribution is 2.26. The van der Waals surface area contributed by atoms with Gasteiger partial charge in [-0.3, -0.25) is 24.0 Å². The highest BCUT2D eigenvalue weighted by Gasteiger charge is 2.47. The Morgan fingerprint density at radius 3 is 0.875 bits per heavy atom. The molecule has 0 atom stereocenters. The van der Waals surface area contributed by atoms with Gasteiger partial charge in [0.05, 0.1) is 38.7 Å². The quantitative estimate of drug-likeness (QED) is 0.0518. The minimum atomic E-state index is -1.96. The Hall–Kier alpha value is -0.980. The summed E-state index contributed by atoms with van der Waals surface area (Å²) in [6.45, 7) is -4.02. The predicted octanol–water partition coefficient (Wildman–Crippen LogP) is 0.788. The molecular weight excluding hydrogens is 629 g/mol. The standard InChI is InChI=1S/C23H38O12S5/c24-11-22(12-30-17(25)1-6-36,13-31-18(26)2-7-37)35-23(14-32-19(27)3-8-38,15-33-20(28)4-9-39)16-34-21(29)5-10-40/h24,36-40H,1-16H2. The summed E-state index contributed by atoms with van der Waals surface area (Å²) in [5, 5.41) is 10.4. The van der Waals surface area contributed by atoms with Crippen LogP contribution in [0.5, 0.6) is 0 Å². The van der Waals surface area contributed by atoms with Gasteiger partial charge in [-0.1, -0.05) is 0 Å². The first-order chi connectivity index (χ1) is 19.0. The Balaban J connectivity index is 6.47. The molecule has 40 heavy (non-hydrogen) atoms. The van der Waals surface area contributed by atoms with Crippen LogP contribution < -0.4 is 0 Å². The number of aliphatic hydroxyl groups is 1. The van der Waals surface area contributed by atoms with Crippen molar-refractivity contribution in [3.05, 3.63) is 0 Å². The first-order valence-corrected chi connectivity index (χ1v) is 15.3. The van der Waals surface area contributed by atoms with Gasteiger partial charge < -0.3 is 33.5 Å². The molecule has 0 fully saturated rings. The van der Waals surface area contributed by atoms with Crippen molar-refractivity contribution in [3.8, 4) is 0 Å². The van der Waals surface area contributed by atoms with Gasteiger partial charge in [0, 0.05) is 28.8 Å². The minimum absolute atomic E-state index is 0.0702. The van der Waals surface area contributed by atoms with Crippen LogP contribution in [0, 0.1) is 0 Å². The fraction of sp³-hybridized carbons (Fsp3) is 0.783. The summed E-state index contributed by atoms with van der Waals surface area (Å²) in [5.74, 6) is -2.60. The van der Waals surface area contributed by atoms with Crippen molar-refractivity contribution in [3.63, 3.8) is 0 Å². The molecule has 0 unspecified atom stereocenters. The first-order valence-electron chi connectivity index (χ1n) is 12.2. The number of aliphatic hydroxyl groups excluding tert-OH is 1. The van der Waals surface area contributed by atoms with Crippen LogP contribution in [0.2, 0.25) is 0 Å². The van der Waals surface area contributed by atoms with Crippen LogP contribution in [0.15, 0.2) is 0 Å². The van der Waals surface area contributed by atoms with Crippen molar-refractivity contribution in [1.29, 1.82) is 0 Å². The zero-order chi connectivity index (χ0) is 30.4. The third-order valence-electron chi connectivity index (χ3n) is 4.78. The van der Waals surface area contributed by atoms with Crippen molar-refractivity contribution < 1.29 is 57.5 Å². The molecule has 0 aliphatic rings. The summed E-state index contributed by atoms with van der Waals surface area (Å²) in [6.07, 6.45) is -0.373. The fourth-order valence-corrected chi connectivity index (χ4v) is 3.69. The second kappa shape index (κ2) is 22.6. The van der Waals surface area contributed by atoms with Crippen LogP contribution in [-0.2, 0) is 52.4 Å². The summed E-state index contributed by atoms with van der Waals surface area (Å²) in [6, 6.07) is 0. The lowest BCUT2D eigenvalue weighted by Crippen LogP contribution is -2.59. The van der Waals surface area contributed by atoms with Crippen LogP contribution >= 0.6 is 63.1 Å². The van der Waals surface area contributed by atoms with E-state index in [4.69, 9.17) is 28.4 Å². The molecule has 0 amide bonds. The van der Waals surface area contributed by atoms with Crippen LogP contribution in [0.1, 0.15) is 32.1 Å². The van der Waals surface area contributed by atoms with Gasteiger partial charge in [-0.05, 0) is 0 Å². The summed E-state index contributed by atoms with van der Waals surface area (Å²) in [5.41, 5.74) is -3.89. The monoisotopic (exact) mass is 666 g/mol. The highest BCUT2D eigenvalue weighted by atomic mass is 32.1. The van der Waals surface area contributed by atoms with E-state index >= 15 is 0 Å². The molecule has 1 N–H and O–H groups in total. The number of rotatable bonds is 23. The summed E-state index contributed by atoms with van der Waals surface area (Å²) in [7, 11) is 0. The van der Waals surface area contributed by atoms with E-state index in [1.807, 2.05) is 0 Å². The van der Waals surface area contributed by atoms with E-state index in [-0.39, 0.29) is 60.9 Å². The van der Waals surface area contributed by atoms with E-state index in [0.29, 0.717) is 0 Å². The van der Waals surface area contributed by atoms with E-state index in [9.17, 15) is 29.1 Å². The van der Waals surface area contributed by atoms with Crippen LogP contribution in [0.4, 0.5) is 0 Å². The van der Waals surface area contributed by atoms with Crippen LogP contribution in [-0.4, -0.2) is 115 Å². The highest BCUT2D eigenvalue weighted by molar-refractivity contribution is 7.80. The Morgan fingerprint density at radius 2 is 0.675 bits per heavy atom. The van der Waals surface area contributed by atoms with Gasteiger partial charge in [-0.25, -0.2) is 0 Å². The molecule has 0 spiro atoms. The molecule has 17 heteroatoms. The number of ether oxygens (including phenoxy) is 6. The maximum Gasteiger partial charge on any atom is 0.306 e. The molecule has 0 aromatic rings. The molecule has 0 aromatic carbocycles. The average Bonchev–Trinajstić information content (AvgIpc) is 2.92. The third kappa shape index (κ3) is 17.1. The average molecular weight is 667 g/mol. The Morgan fingerprint density at radius 1 is 0.450 bits per heavy atom. The van der Waals surface area contributed by atoms with E-state index in [0.717, 1.165) is 0 Å². The van der Waals surface area contributed by atoms with Gasteiger partial charge in [0.1, 0.15) is 33.0 Å². The third-order valence-corrected chi connectivity index (χ3v) is 5.90. The summed E-state index contributed by atoms with van der Waals surface area (Å²) >= 11 is 19.9. The molecule has 0 bridgehead atoms. The molecule has 0 heterocycles. The van der Waals surface area contributed by atoms with Crippen molar-refractivity contribution in [2.75, 3.05) is 68.4 Å². The molecule has 0 saturated heterocycles. The molecule has 0 rings (SSSR count). The van der Waals surface area contributed by atoms with Gasteiger partial charge >= 0.3 is 29.8 Å². The predicted molar refractivity (Wildman–Crippen MR) is 161 cm³/mol. The Kier molecular flexibility index (Phi) is 22.0. The number of carbonyl (C=O) groups is 5. The molecule has 0 aliphatic carbocycles. The van der Waals surface area contributed by atoms with Gasteiger partial charge in [0.2, 0.25) is 0 Å². The van der Waals surface area contributed by atoms with Crippen LogP contribution in [0.25, 0.3) is 0 Å². The Bertz CT molecular complexity index is 721. The SMILES string of the molecule is O=C(CCS)OCC(CO)(COC(=O)CCS)OC(COC(=O)CCS)(COC(=O)CCS)COC(=O)CCS. The van der Waals surface area contributed by atoms with E-state index < -0.39 is 80.7 Å². The van der Waals surface area contributed by atoms with Crippen LogP contribution in [0.3, 0.4) is 0 Å². The summed E-state index contributed by atoms with van der Waals surface area (Å²) in [4.78, 5) is 60.9. The molecular formula is C23H38O12S5. The first kappa shape index (κ1) is 39.0. The normalized spacial score (nSPS) is 11.4. The second-order valence-corrected chi connectivity index (χ2v) is 10.5. The number of esters is 5. The van der Waals surface area contributed by atoms with E-state index in [1.165, 1.54) is 0 Å². The molecule has 0 saturated carbocycles. The van der Waals surface area contributed by atoms with Gasteiger partial charge in [-0.2, -0.15) is 63.1 Å². The lowest BCUT2D eigenvalue weighted by molar-refractivity contribution is -0.252. The smallest absolute Gasteiger partial charge is 0.306 e. The number of carbonyl (C=O) groups excluding carboxylic acids is 5. The molecule has 0 radical (unpaired) electrons. The topological polar surface area (TPSA) is 161 Å². The largest absolute Gasteiger partial charge is 0.462 e. The molecule has 12 nitrogen and oxygen atoms in total. The minimum Gasteiger partial charge on any atom is -0.462 e. The van der Waals surface area contributed by atoms with Crippen molar-refractivity contribution in [2.45, 2.75) is 43.3 Å². The van der Waals surface area contributed by atoms with E-state index in [1.54, 1.807) is 0 Å². The van der Waals surface area contributed by atoms with Gasteiger partial charge in [0.15, 0.2) is 11.2 Å². The zero-order valence-electron chi connectivity index (χ0n) is 22.0. The number of hydrogen-bond donors (Lipinski definition) is 6. The lowest BCUT2D eigenvalue weighted by Gasteiger charge is -2.41. The second-order valence-electron chi connectivity index (χ2n) is 8.30.